The maximum atomic E-state index is 12.5. The molecule has 21 heavy (non-hydrogen) atoms. The van der Waals surface area contributed by atoms with E-state index in [2.05, 4.69) is 19.1 Å². The van der Waals surface area contributed by atoms with Gasteiger partial charge < -0.3 is 4.42 Å². The van der Waals surface area contributed by atoms with Crippen molar-refractivity contribution in [3.8, 4) is 0 Å². The van der Waals surface area contributed by atoms with E-state index in [0.717, 1.165) is 28.2 Å². The van der Waals surface area contributed by atoms with Crippen LogP contribution in [0.3, 0.4) is 0 Å². The van der Waals surface area contributed by atoms with Gasteiger partial charge in [-0.15, -0.1) is 0 Å². The molecule has 0 aliphatic heterocycles. The molecule has 0 saturated heterocycles. The summed E-state index contributed by atoms with van der Waals surface area (Å²) in [7, 11) is 1.94. The van der Waals surface area contributed by atoms with Gasteiger partial charge in [0, 0.05) is 5.56 Å². The first-order chi connectivity index (χ1) is 9.86. The first-order valence-electron chi connectivity index (χ1n) is 7.21. The van der Waals surface area contributed by atoms with Crippen molar-refractivity contribution in [2.45, 2.75) is 34.2 Å². The minimum absolute atomic E-state index is 0.163. The Balaban J connectivity index is 2.07. The van der Waals surface area contributed by atoms with Gasteiger partial charge in [-0.25, -0.2) is 0 Å². The Morgan fingerprint density at radius 1 is 1.10 bits per heavy atom. The standard InChI is InChI=1S/C18H23NO2/c1-12-8-13(2)18(14(3)9-12)17(20)11-19(5)10-16-7-6-15(4)21-16/h6-9H,10-11H2,1-5H3. The Kier molecular flexibility index (Phi) is 4.63. The van der Waals surface area contributed by atoms with Gasteiger partial charge in [0.05, 0.1) is 13.1 Å². The average Bonchev–Trinajstić information content (AvgIpc) is 2.72. The highest BCUT2D eigenvalue weighted by molar-refractivity contribution is 6.00. The molecule has 3 heteroatoms. The second-order valence-electron chi connectivity index (χ2n) is 5.88. The Morgan fingerprint density at radius 3 is 2.24 bits per heavy atom. The number of Topliss-reactive ketones (excluding diaryl/α,β-unsaturated/α-hetero) is 1. The van der Waals surface area contributed by atoms with Crippen molar-refractivity contribution in [3.63, 3.8) is 0 Å². The molecule has 0 amide bonds. The van der Waals surface area contributed by atoms with Crippen molar-refractivity contribution in [1.29, 1.82) is 0 Å². The second-order valence-corrected chi connectivity index (χ2v) is 5.88. The van der Waals surface area contributed by atoms with Gasteiger partial charge in [-0.05, 0) is 58.0 Å². The van der Waals surface area contributed by atoms with E-state index in [1.165, 1.54) is 5.56 Å². The zero-order valence-corrected chi connectivity index (χ0v) is 13.5. The molecule has 0 unspecified atom stereocenters. The van der Waals surface area contributed by atoms with Crippen molar-refractivity contribution in [3.05, 3.63) is 58.0 Å². The highest BCUT2D eigenvalue weighted by Gasteiger charge is 2.15. The van der Waals surface area contributed by atoms with Gasteiger partial charge in [-0.3, -0.25) is 9.69 Å². The first-order valence-corrected chi connectivity index (χ1v) is 7.21. The van der Waals surface area contributed by atoms with Crippen LogP contribution in [0.4, 0.5) is 0 Å². The van der Waals surface area contributed by atoms with Crippen LogP contribution in [0.25, 0.3) is 0 Å². The summed E-state index contributed by atoms with van der Waals surface area (Å²) < 4.78 is 5.55. The van der Waals surface area contributed by atoms with Crippen molar-refractivity contribution in [1.82, 2.24) is 4.90 Å². The van der Waals surface area contributed by atoms with Crippen molar-refractivity contribution in [2.75, 3.05) is 13.6 Å². The molecule has 0 spiro atoms. The lowest BCUT2D eigenvalue weighted by molar-refractivity contribution is 0.0938. The first kappa shape index (κ1) is 15.5. The fraction of sp³-hybridized carbons (Fsp3) is 0.389. The number of hydrogen-bond acceptors (Lipinski definition) is 3. The number of aryl methyl sites for hydroxylation is 4. The highest BCUT2D eigenvalue weighted by Crippen LogP contribution is 2.18. The molecular formula is C18H23NO2. The summed E-state index contributed by atoms with van der Waals surface area (Å²) in [5.41, 5.74) is 4.16. The molecule has 0 radical (unpaired) electrons. The largest absolute Gasteiger partial charge is 0.465 e. The zero-order chi connectivity index (χ0) is 15.6. The van der Waals surface area contributed by atoms with Crippen LogP contribution in [0.1, 0.15) is 38.6 Å². The third-order valence-corrected chi connectivity index (χ3v) is 3.59. The molecule has 112 valence electrons. The molecule has 2 rings (SSSR count). The number of benzene rings is 1. The normalized spacial score (nSPS) is 11.1. The lowest BCUT2D eigenvalue weighted by Gasteiger charge is -2.16. The monoisotopic (exact) mass is 285 g/mol. The number of likely N-dealkylation sites (N-methyl/N-ethyl adjacent to an activating group) is 1. The predicted molar refractivity (Wildman–Crippen MR) is 84.8 cm³/mol. The van der Waals surface area contributed by atoms with Gasteiger partial charge in [0.2, 0.25) is 0 Å². The number of rotatable bonds is 5. The number of carbonyl (C=O) groups excluding carboxylic acids is 1. The SMILES string of the molecule is Cc1cc(C)c(C(=O)CN(C)Cc2ccc(C)o2)c(C)c1. The predicted octanol–water partition coefficient (Wildman–Crippen LogP) is 3.83. The Morgan fingerprint density at radius 2 is 1.71 bits per heavy atom. The number of furan rings is 1. The van der Waals surface area contributed by atoms with E-state index in [-0.39, 0.29) is 5.78 Å². The van der Waals surface area contributed by atoms with Gasteiger partial charge in [0.1, 0.15) is 11.5 Å². The van der Waals surface area contributed by atoms with E-state index < -0.39 is 0 Å². The van der Waals surface area contributed by atoms with Crippen LogP contribution in [0, 0.1) is 27.7 Å². The number of hydrogen-bond donors (Lipinski definition) is 0. The summed E-state index contributed by atoms with van der Waals surface area (Å²) in [6.07, 6.45) is 0. The van der Waals surface area contributed by atoms with E-state index in [0.29, 0.717) is 13.1 Å². The third kappa shape index (κ3) is 3.82. The molecule has 0 saturated carbocycles. The third-order valence-electron chi connectivity index (χ3n) is 3.59. The van der Waals surface area contributed by atoms with Crippen molar-refractivity contribution >= 4 is 5.78 Å². The molecular weight excluding hydrogens is 262 g/mol. The molecule has 0 aliphatic rings. The highest BCUT2D eigenvalue weighted by atomic mass is 16.3. The van der Waals surface area contributed by atoms with Crippen LogP contribution >= 0.6 is 0 Å². The minimum atomic E-state index is 0.163. The summed E-state index contributed by atoms with van der Waals surface area (Å²) in [4.78, 5) is 14.5. The Hall–Kier alpha value is -1.87. The van der Waals surface area contributed by atoms with Crippen LogP contribution in [0.2, 0.25) is 0 Å². The zero-order valence-electron chi connectivity index (χ0n) is 13.5. The lowest BCUT2D eigenvalue weighted by Crippen LogP contribution is -2.26. The van der Waals surface area contributed by atoms with Crippen LogP contribution in [0.15, 0.2) is 28.7 Å². The molecule has 0 fully saturated rings. The number of nitrogens with zero attached hydrogens (tertiary/aromatic N) is 1. The minimum Gasteiger partial charge on any atom is -0.465 e. The smallest absolute Gasteiger partial charge is 0.177 e. The summed E-state index contributed by atoms with van der Waals surface area (Å²) in [5.74, 6) is 1.95. The fourth-order valence-electron chi connectivity index (χ4n) is 2.84. The number of ketones is 1. The Labute approximate surface area is 126 Å². The molecule has 0 aliphatic carbocycles. The quantitative estimate of drug-likeness (QED) is 0.783. The molecule has 1 aromatic heterocycles. The fourth-order valence-corrected chi connectivity index (χ4v) is 2.84. The van der Waals surface area contributed by atoms with Crippen LogP contribution < -0.4 is 0 Å². The molecule has 1 heterocycles. The van der Waals surface area contributed by atoms with Gasteiger partial charge >= 0.3 is 0 Å². The van der Waals surface area contributed by atoms with Crippen molar-refractivity contribution < 1.29 is 9.21 Å². The van der Waals surface area contributed by atoms with Gasteiger partial charge in [-0.2, -0.15) is 0 Å². The maximum absolute atomic E-state index is 12.5. The van der Waals surface area contributed by atoms with E-state index in [1.54, 1.807) is 0 Å². The second kappa shape index (κ2) is 6.27. The molecule has 2 aromatic rings. The molecule has 3 nitrogen and oxygen atoms in total. The Bertz CT molecular complexity index is 632. The topological polar surface area (TPSA) is 33.5 Å². The van der Waals surface area contributed by atoms with E-state index in [4.69, 9.17) is 4.42 Å². The maximum Gasteiger partial charge on any atom is 0.177 e. The van der Waals surface area contributed by atoms with E-state index >= 15 is 0 Å². The molecule has 1 aromatic carbocycles. The van der Waals surface area contributed by atoms with Gasteiger partial charge in [0.15, 0.2) is 5.78 Å². The average molecular weight is 285 g/mol. The van der Waals surface area contributed by atoms with E-state index in [9.17, 15) is 4.79 Å². The molecule has 0 atom stereocenters. The van der Waals surface area contributed by atoms with Crippen LogP contribution in [-0.2, 0) is 6.54 Å². The molecule has 0 N–H and O–H groups in total. The molecule has 0 bridgehead atoms. The van der Waals surface area contributed by atoms with Crippen molar-refractivity contribution in [2.24, 2.45) is 0 Å². The summed E-state index contributed by atoms with van der Waals surface area (Å²) in [6, 6.07) is 8.03. The number of carbonyl (C=O) groups is 1. The summed E-state index contributed by atoms with van der Waals surface area (Å²) >= 11 is 0. The van der Waals surface area contributed by atoms with Gasteiger partial charge in [0.25, 0.3) is 0 Å². The summed E-state index contributed by atoms with van der Waals surface area (Å²) in [5, 5.41) is 0. The lowest BCUT2D eigenvalue weighted by atomic mass is 9.96. The van der Waals surface area contributed by atoms with Crippen LogP contribution in [-0.4, -0.2) is 24.3 Å². The van der Waals surface area contributed by atoms with Gasteiger partial charge in [-0.1, -0.05) is 17.7 Å². The van der Waals surface area contributed by atoms with E-state index in [1.807, 2.05) is 44.9 Å². The summed E-state index contributed by atoms with van der Waals surface area (Å²) in [6.45, 7) is 9.02. The van der Waals surface area contributed by atoms with Crippen LogP contribution in [0.5, 0.6) is 0 Å².